The molecule has 2 aromatic rings. The number of hydrogen-bond acceptors (Lipinski definition) is 3. The van der Waals surface area contributed by atoms with Gasteiger partial charge in [0, 0.05) is 23.7 Å². The van der Waals surface area contributed by atoms with Crippen LogP contribution in [0.5, 0.6) is 0 Å². The SMILES string of the molecule is CCCC(C(=O)NCc1csc(C(C)C)n1)n1cccc1. The molecule has 0 aromatic carbocycles. The van der Waals surface area contributed by atoms with Crippen molar-refractivity contribution in [2.45, 2.75) is 52.1 Å². The van der Waals surface area contributed by atoms with Gasteiger partial charge in [-0.3, -0.25) is 4.79 Å². The molecule has 0 radical (unpaired) electrons. The lowest BCUT2D eigenvalue weighted by Gasteiger charge is -2.17. The van der Waals surface area contributed by atoms with Crippen molar-refractivity contribution < 1.29 is 4.79 Å². The van der Waals surface area contributed by atoms with E-state index >= 15 is 0 Å². The zero-order chi connectivity index (χ0) is 15.2. The lowest BCUT2D eigenvalue weighted by molar-refractivity contribution is -0.124. The Labute approximate surface area is 130 Å². The van der Waals surface area contributed by atoms with Gasteiger partial charge in [0.05, 0.1) is 17.2 Å². The Morgan fingerprint density at radius 2 is 2.10 bits per heavy atom. The van der Waals surface area contributed by atoms with Crippen LogP contribution in [0.1, 0.15) is 56.3 Å². The summed E-state index contributed by atoms with van der Waals surface area (Å²) in [6.45, 7) is 6.86. The van der Waals surface area contributed by atoms with Crippen molar-refractivity contribution in [1.82, 2.24) is 14.9 Å². The van der Waals surface area contributed by atoms with E-state index in [-0.39, 0.29) is 11.9 Å². The molecule has 0 saturated heterocycles. The summed E-state index contributed by atoms with van der Waals surface area (Å²) in [6.07, 6.45) is 5.71. The van der Waals surface area contributed by atoms with E-state index in [1.54, 1.807) is 11.3 Å². The summed E-state index contributed by atoms with van der Waals surface area (Å²) in [6, 6.07) is 3.77. The molecule has 2 aromatic heterocycles. The van der Waals surface area contributed by atoms with Gasteiger partial charge in [-0.05, 0) is 18.6 Å². The molecule has 1 amide bonds. The van der Waals surface area contributed by atoms with Crippen LogP contribution < -0.4 is 5.32 Å². The summed E-state index contributed by atoms with van der Waals surface area (Å²) < 4.78 is 1.97. The molecule has 0 aliphatic rings. The standard InChI is InChI=1S/C16H23N3OS/c1-4-7-14(19-8-5-6-9-19)15(20)17-10-13-11-21-16(18-13)12(2)3/h5-6,8-9,11-12,14H,4,7,10H2,1-3H3,(H,17,20). The maximum absolute atomic E-state index is 12.4. The van der Waals surface area contributed by atoms with E-state index in [9.17, 15) is 4.79 Å². The molecule has 1 unspecified atom stereocenters. The van der Waals surface area contributed by atoms with E-state index in [1.807, 2.05) is 34.5 Å². The highest BCUT2D eigenvalue weighted by Crippen LogP contribution is 2.19. The maximum Gasteiger partial charge on any atom is 0.243 e. The molecule has 5 heteroatoms. The van der Waals surface area contributed by atoms with E-state index in [0.717, 1.165) is 23.5 Å². The number of carbonyl (C=O) groups is 1. The highest BCUT2D eigenvalue weighted by Gasteiger charge is 2.18. The Balaban J connectivity index is 1.95. The molecule has 21 heavy (non-hydrogen) atoms. The maximum atomic E-state index is 12.4. The molecule has 2 rings (SSSR count). The van der Waals surface area contributed by atoms with Gasteiger partial charge in [-0.15, -0.1) is 11.3 Å². The molecule has 114 valence electrons. The average molecular weight is 305 g/mol. The zero-order valence-electron chi connectivity index (χ0n) is 12.9. The number of rotatable bonds is 7. The van der Waals surface area contributed by atoms with Crippen molar-refractivity contribution in [2.24, 2.45) is 0 Å². The first-order valence-electron chi connectivity index (χ1n) is 7.46. The van der Waals surface area contributed by atoms with Gasteiger partial charge in [0.25, 0.3) is 0 Å². The fourth-order valence-corrected chi connectivity index (χ4v) is 3.04. The van der Waals surface area contributed by atoms with Crippen molar-refractivity contribution in [3.63, 3.8) is 0 Å². The van der Waals surface area contributed by atoms with Crippen LogP contribution in [0.15, 0.2) is 29.9 Å². The first-order valence-corrected chi connectivity index (χ1v) is 8.34. The van der Waals surface area contributed by atoms with Gasteiger partial charge in [0.1, 0.15) is 6.04 Å². The number of nitrogens with zero attached hydrogens (tertiary/aromatic N) is 2. The van der Waals surface area contributed by atoms with Crippen molar-refractivity contribution in [3.8, 4) is 0 Å². The Hall–Kier alpha value is -1.62. The van der Waals surface area contributed by atoms with Gasteiger partial charge in [-0.2, -0.15) is 0 Å². The summed E-state index contributed by atoms with van der Waals surface area (Å²) in [5.74, 6) is 0.499. The first-order chi connectivity index (χ1) is 10.1. The Morgan fingerprint density at radius 3 is 2.67 bits per heavy atom. The molecule has 4 nitrogen and oxygen atoms in total. The van der Waals surface area contributed by atoms with Gasteiger partial charge >= 0.3 is 0 Å². The molecule has 0 aliphatic carbocycles. The third-order valence-corrected chi connectivity index (χ3v) is 4.55. The summed E-state index contributed by atoms with van der Waals surface area (Å²) in [4.78, 5) is 16.9. The summed E-state index contributed by atoms with van der Waals surface area (Å²) in [5.41, 5.74) is 0.944. The molecule has 2 heterocycles. The summed E-state index contributed by atoms with van der Waals surface area (Å²) in [7, 11) is 0. The minimum atomic E-state index is -0.131. The largest absolute Gasteiger partial charge is 0.349 e. The molecule has 0 bridgehead atoms. The Morgan fingerprint density at radius 1 is 1.38 bits per heavy atom. The second-order valence-corrected chi connectivity index (χ2v) is 6.37. The number of thiazole rings is 1. The highest BCUT2D eigenvalue weighted by molar-refractivity contribution is 7.09. The number of aromatic nitrogens is 2. The molecule has 0 spiro atoms. The van der Waals surface area contributed by atoms with Gasteiger partial charge in [0.2, 0.25) is 5.91 Å². The monoisotopic (exact) mass is 305 g/mol. The molecular weight excluding hydrogens is 282 g/mol. The van der Waals surface area contributed by atoms with E-state index < -0.39 is 0 Å². The van der Waals surface area contributed by atoms with Crippen molar-refractivity contribution in [1.29, 1.82) is 0 Å². The van der Waals surface area contributed by atoms with Crippen LogP contribution in [-0.2, 0) is 11.3 Å². The lowest BCUT2D eigenvalue weighted by atomic mass is 10.1. The van der Waals surface area contributed by atoms with Crippen LogP contribution in [0.2, 0.25) is 0 Å². The molecule has 1 atom stereocenters. The summed E-state index contributed by atoms with van der Waals surface area (Å²) >= 11 is 1.66. The van der Waals surface area contributed by atoms with Crippen molar-refractivity contribution in [2.75, 3.05) is 0 Å². The van der Waals surface area contributed by atoms with Gasteiger partial charge in [0.15, 0.2) is 0 Å². The number of nitrogens with one attached hydrogen (secondary N) is 1. The van der Waals surface area contributed by atoms with Crippen LogP contribution in [0, 0.1) is 0 Å². The average Bonchev–Trinajstić information content (AvgIpc) is 3.13. The van der Waals surface area contributed by atoms with E-state index in [4.69, 9.17) is 0 Å². The smallest absolute Gasteiger partial charge is 0.243 e. The number of hydrogen-bond donors (Lipinski definition) is 1. The van der Waals surface area contributed by atoms with Gasteiger partial charge in [-0.25, -0.2) is 4.98 Å². The molecular formula is C16H23N3OS. The second kappa shape index (κ2) is 7.41. The van der Waals surface area contributed by atoms with Crippen LogP contribution in [0.3, 0.4) is 0 Å². The predicted octanol–water partition coefficient (Wildman–Crippen LogP) is 3.73. The predicted molar refractivity (Wildman–Crippen MR) is 86.4 cm³/mol. The molecule has 0 aliphatic heterocycles. The first kappa shape index (κ1) is 15.8. The number of amides is 1. The molecule has 0 fully saturated rings. The van der Waals surface area contributed by atoms with Gasteiger partial charge in [-0.1, -0.05) is 27.2 Å². The quantitative estimate of drug-likeness (QED) is 0.847. The van der Waals surface area contributed by atoms with Crippen LogP contribution in [-0.4, -0.2) is 15.5 Å². The molecule has 0 saturated carbocycles. The summed E-state index contributed by atoms with van der Waals surface area (Å²) in [5, 5.41) is 6.16. The van der Waals surface area contributed by atoms with Crippen LogP contribution >= 0.6 is 11.3 Å². The minimum Gasteiger partial charge on any atom is -0.349 e. The third-order valence-electron chi connectivity index (χ3n) is 3.36. The molecule has 1 N–H and O–H groups in total. The van der Waals surface area contributed by atoms with E-state index in [2.05, 4.69) is 31.1 Å². The second-order valence-electron chi connectivity index (χ2n) is 5.48. The fourth-order valence-electron chi connectivity index (χ4n) is 2.21. The Kier molecular flexibility index (Phi) is 5.56. The highest BCUT2D eigenvalue weighted by atomic mass is 32.1. The van der Waals surface area contributed by atoms with E-state index in [1.165, 1.54) is 0 Å². The van der Waals surface area contributed by atoms with Crippen molar-refractivity contribution >= 4 is 17.2 Å². The normalized spacial score (nSPS) is 12.6. The Bertz CT molecular complexity index is 560. The zero-order valence-corrected chi connectivity index (χ0v) is 13.7. The van der Waals surface area contributed by atoms with Gasteiger partial charge < -0.3 is 9.88 Å². The van der Waals surface area contributed by atoms with Crippen molar-refractivity contribution in [3.05, 3.63) is 40.6 Å². The van der Waals surface area contributed by atoms with Crippen LogP contribution in [0.4, 0.5) is 0 Å². The fraction of sp³-hybridized carbons (Fsp3) is 0.500. The van der Waals surface area contributed by atoms with Crippen LogP contribution in [0.25, 0.3) is 0 Å². The lowest BCUT2D eigenvalue weighted by Crippen LogP contribution is -2.31. The third kappa shape index (κ3) is 4.17. The number of carbonyl (C=O) groups excluding carboxylic acids is 1. The topological polar surface area (TPSA) is 46.9 Å². The minimum absolute atomic E-state index is 0.0622. The van der Waals surface area contributed by atoms with E-state index in [0.29, 0.717) is 12.5 Å².